The summed E-state index contributed by atoms with van der Waals surface area (Å²) >= 11 is 0. The molecule has 112 valence electrons. The quantitative estimate of drug-likeness (QED) is 0.678. The van der Waals surface area contributed by atoms with Crippen molar-refractivity contribution in [1.82, 2.24) is 5.32 Å². The van der Waals surface area contributed by atoms with E-state index >= 15 is 0 Å². The maximum atomic E-state index is 12.2. The number of aliphatic hydroxyl groups excluding tert-OH is 1. The van der Waals surface area contributed by atoms with E-state index in [4.69, 9.17) is 5.11 Å². The molecule has 1 amide bonds. The maximum Gasteiger partial charge on any atom is 0.307 e. The third-order valence-electron chi connectivity index (χ3n) is 4.41. The minimum absolute atomic E-state index is 0.165. The van der Waals surface area contributed by atoms with Gasteiger partial charge in [0.1, 0.15) is 0 Å². The first-order valence-corrected chi connectivity index (χ1v) is 7.41. The Labute approximate surface area is 119 Å². The number of hydrogen-bond donors (Lipinski definition) is 3. The smallest absolute Gasteiger partial charge is 0.307 e. The number of nitrogens with one attached hydrogen (secondary N) is 1. The fourth-order valence-electron chi connectivity index (χ4n) is 3.20. The fraction of sp³-hybridized carbons (Fsp3) is 0.733. The lowest BCUT2D eigenvalue weighted by molar-refractivity contribution is -0.147. The number of aliphatic hydroxyl groups is 1. The van der Waals surface area contributed by atoms with Crippen LogP contribution in [0.2, 0.25) is 0 Å². The Morgan fingerprint density at radius 1 is 1.15 bits per heavy atom. The van der Waals surface area contributed by atoms with Crippen LogP contribution in [0.3, 0.4) is 0 Å². The van der Waals surface area contributed by atoms with E-state index in [1.807, 2.05) is 12.2 Å². The van der Waals surface area contributed by atoms with Crippen LogP contribution in [-0.4, -0.2) is 34.7 Å². The number of allylic oxidation sites excluding steroid dienone is 2. The van der Waals surface area contributed by atoms with Gasteiger partial charge >= 0.3 is 5.97 Å². The Morgan fingerprint density at radius 3 is 2.50 bits per heavy atom. The lowest BCUT2D eigenvalue weighted by Gasteiger charge is -2.28. The molecule has 0 radical (unpaired) electrons. The number of carboxylic acid groups (broad SMARTS) is 1. The van der Waals surface area contributed by atoms with Gasteiger partial charge in [0.25, 0.3) is 0 Å². The van der Waals surface area contributed by atoms with Gasteiger partial charge in [0, 0.05) is 6.54 Å². The highest BCUT2D eigenvalue weighted by Crippen LogP contribution is 2.27. The standard InChI is InChI=1S/C15H23NO4/c17-11-5-3-4-10(8-11)9-16-14(18)12-6-1-2-7-13(12)15(19)20/h1-2,10-13,17H,3-9H2,(H,16,18)(H,19,20). The van der Waals surface area contributed by atoms with Crippen molar-refractivity contribution in [1.29, 1.82) is 0 Å². The molecule has 4 atom stereocenters. The minimum Gasteiger partial charge on any atom is -0.481 e. The number of hydrogen-bond acceptors (Lipinski definition) is 3. The van der Waals surface area contributed by atoms with Gasteiger partial charge in [-0.2, -0.15) is 0 Å². The SMILES string of the molecule is O=C(O)C1CC=CCC1C(=O)NCC1CCCC(O)C1. The number of rotatable bonds is 4. The number of carboxylic acids is 1. The Morgan fingerprint density at radius 2 is 1.85 bits per heavy atom. The van der Waals surface area contributed by atoms with Crippen molar-refractivity contribution < 1.29 is 19.8 Å². The summed E-state index contributed by atoms with van der Waals surface area (Å²) in [5, 5.41) is 21.7. The number of carbonyl (C=O) groups excluding carboxylic acids is 1. The van der Waals surface area contributed by atoms with E-state index in [2.05, 4.69) is 5.32 Å². The molecule has 0 saturated heterocycles. The Bertz CT molecular complexity index is 393. The van der Waals surface area contributed by atoms with Gasteiger partial charge in [-0.1, -0.05) is 18.6 Å². The monoisotopic (exact) mass is 281 g/mol. The first-order valence-electron chi connectivity index (χ1n) is 7.41. The average molecular weight is 281 g/mol. The van der Waals surface area contributed by atoms with Gasteiger partial charge in [0.05, 0.1) is 17.9 Å². The van der Waals surface area contributed by atoms with E-state index in [9.17, 15) is 14.7 Å². The molecule has 20 heavy (non-hydrogen) atoms. The zero-order valence-electron chi connectivity index (χ0n) is 11.6. The number of amides is 1. The van der Waals surface area contributed by atoms with Crippen LogP contribution in [0, 0.1) is 17.8 Å². The molecule has 2 aliphatic carbocycles. The molecular weight excluding hydrogens is 258 g/mol. The molecule has 5 heteroatoms. The van der Waals surface area contributed by atoms with Crippen LogP contribution in [-0.2, 0) is 9.59 Å². The predicted octanol–water partition coefficient (Wildman–Crippen LogP) is 1.32. The van der Waals surface area contributed by atoms with Crippen LogP contribution in [0.5, 0.6) is 0 Å². The molecule has 0 aromatic heterocycles. The zero-order chi connectivity index (χ0) is 14.5. The second-order valence-corrected chi connectivity index (χ2v) is 5.93. The van der Waals surface area contributed by atoms with Gasteiger partial charge in [-0.15, -0.1) is 0 Å². The minimum atomic E-state index is -0.900. The van der Waals surface area contributed by atoms with E-state index in [1.165, 1.54) is 0 Å². The van der Waals surface area contributed by atoms with Gasteiger partial charge in [0.2, 0.25) is 5.91 Å². The first kappa shape index (κ1) is 15.0. The van der Waals surface area contributed by atoms with Gasteiger partial charge in [-0.3, -0.25) is 9.59 Å². The molecule has 0 aromatic rings. The summed E-state index contributed by atoms with van der Waals surface area (Å²) in [7, 11) is 0. The Hall–Kier alpha value is -1.36. The van der Waals surface area contributed by atoms with Crippen molar-refractivity contribution >= 4 is 11.9 Å². The Kier molecular flexibility index (Phi) is 5.17. The third kappa shape index (κ3) is 3.82. The molecule has 5 nitrogen and oxygen atoms in total. The van der Waals surface area contributed by atoms with Gasteiger partial charge in [0.15, 0.2) is 0 Å². The summed E-state index contributed by atoms with van der Waals surface area (Å²) in [6, 6.07) is 0. The highest BCUT2D eigenvalue weighted by Gasteiger charge is 2.34. The van der Waals surface area contributed by atoms with Crippen molar-refractivity contribution in [3.8, 4) is 0 Å². The second kappa shape index (κ2) is 6.88. The summed E-state index contributed by atoms with van der Waals surface area (Å²) in [6.07, 6.45) is 7.97. The van der Waals surface area contributed by atoms with Crippen LogP contribution >= 0.6 is 0 Å². The third-order valence-corrected chi connectivity index (χ3v) is 4.41. The molecule has 0 aromatic carbocycles. The van der Waals surface area contributed by atoms with Gasteiger partial charge < -0.3 is 15.5 Å². The maximum absolute atomic E-state index is 12.2. The van der Waals surface area contributed by atoms with Gasteiger partial charge in [-0.25, -0.2) is 0 Å². The fourth-order valence-corrected chi connectivity index (χ4v) is 3.20. The van der Waals surface area contributed by atoms with E-state index in [0.29, 0.717) is 25.3 Å². The summed E-state index contributed by atoms with van der Waals surface area (Å²) in [6.45, 7) is 0.544. The highest BCUT2D eigenvalue weighted by atomic mass is 16.4. The number of carbonyl (C=O) groups is 2. The zero-order valence-corrected chi connectivity index (χ0v) is 11.6. The van der Waals surface area contributed by atoms with Crippen molar-refractivity contribution in [3.05, 3.63) is 12.2 Å². The molecule has 2 rings (SSSR count). The molecule has 0 heterocycles. The van der Waals surface area contributed by atoms with E-state index in [0.717, 1.165) is 25.7 Å². The molecule has 0 spiro atoms. The second-order valence-electron chi connectivity index (χ2n) is 5.93. The van der Waals surface area contributed by atoms with Crippen LogP contribution in [0.4, 0.5) is 0 Å². The molecule has 1 saturated carbocycles. The van der Waals surface area contributed by atoms with Crippen LogP contribution in [0.25, 0.3) is 0 Å². The molecule has 0 aliphatic heterocycles. The highest BCUT2D eigenvalue weighted by molar-refractivity contribution is 5.85. The lowest BCUT2D eigenvalue weighted by Crippen LogP contribution is -2.41. The largest absolute Gasteiger partial charge is 0.481 e. The topological polar surface area (TPSA) is 86.6 Å². The van der Waals surface area contributed by atoms with Gasteiger partial charge in [-0.05, 0) is 38.0 Å². The lowest BCUT2D eigenvalue weighted by atomic mass is 9.82. The van der Waals surface area contributed by atoms with Crippen molar-refractivity contribution in [2.75, 3.05) is 6.54 Å². The summed E-state index contributed by atoms with van der Waals surface area (Å²) in [4.78, 5) is 23.3. The van der Waals surface area contributed by atoms with Crippen LogP contribution in [0.1, 0.15) is 38.5 Å². The van der Waals surface area contributed by atoms with E-state index < -0.39 is 17.8 Å². The summed E-state index contributed by atoms with van der Waals surface area (Å²) < 4.78 is 0. The molecule has 2 aliphatic rings. The molecular formula is C15H23NO4. The van der Waals surface area contributed by atoms with E-state index in [1.54, 1.807) is 0 Å². The van der Waals surface area contributed by atoms with Crippen molar-refractivity contribution in [2.45, 2.75) is 44.6 Å². The molecule has 3 N–H and O–H groups in total. The van der Waals surface area contributed by atoms with Crippen LogP contribution in [0.15, 0.2) is 12.2 Å². The molecule has 0 bridgehead atoms. The molecule has 4 unspecified atom stereocenters. The van der Waals surface area contributed by atoms with Crippen molar-refractivity contribution in [2.24, 2.45) is 17.8 Å². The Balaban J connectivity index is 1.84. The predicted molar refractivity (Wildman–Crippen MR) is 74.0 cm³/mol. The first-order chi connectivity index (χ1) is 9.58. The number of aliphatic carboxylic acids is 1. The summed E-state index contributed by atoms with van der Waals surface area (Å²) in [5.41, 5.74) is 0. The van der Waals surface area contributed by atoms with Crippen molar-refractivity contribution in [3.63, 3.8) is 0 Å². The van der Waals surface area contributed by atoms with E-state index in [-0.39, 0.29) is 12.0 Å². The molecule has 1 fully saturated rings. The normalized spacial score (nSPS) is 33.6. The summed E-state index contributed by atoms with van der Waals surface area (Å²) in [5.74, 6) is -1.84. The van der Waals surface area contributed by atoms with Crippen LogP contribution < -0.4 is 5.32 Å². The average Bonchev–Trinajstić information content (AvgIpc) is 2.45.